The van der Waals surface area contributed by atoms with Crippen molar-refractivity contribution in [2.75, 3.05) is 24.5 Å². The van der Waals surface area contributed by atoms with Crippen LogP contribution in [0.1, 0.15) is 39.2 Å². The Morgan fingerprint density at radius 2 is 1.94 bits per heavy atom. The molecule has 0 fully saturated rings. The number of anilines is 1. The van der Waals surface area contributed by atoms with Crippen molar-refractivity contribution in [1.29, 1.82) is 0 Å². The molecule has 18 heavy (non-hydrogen) atoms. The molecule has 1 N–H and O–H groups in total. The van der Waals surface area contributed by atoms with Gasteiger partial charge in [0.05, 0.1) is 5.69 Å². The third-order valence-electron chi connectivity index (χ3n) is 2.98. The van der Waals surface area contributed by atoms with E-state index in [9.17, 15) is 0 Å². The molecule has 0 aliphatic carbocycles. The molecule has 0 atom stereocenters. The van der Waals surface area contributed by atoms with Crippen LogP contribution in [0.3, 0.4) is 0 Å². The van der Waals surface area contributed by atoms with Crippen LogP contribution in [0.5, 0.6) is 0 Å². The first kappa shape index (κ1) is 15.5. The fourth-order valence-corrected chi connectivity index (χ4v) is 2.72. The minimum absolute atomic E-state index is 0.951. The molecule has 0 amide bonds. The van der Waals surface area contributed by atoms with Gasteiger partial charge in [-0.3, -0.25) is 0 Å². The van der Waals surface area contributed by atoms with Crippen molar-refractivity contribution in [2.45, 2.75) is 40.2 Å². The van der Waals surface area contributed by atoms with E-state index < -0.39 is 0 Å². The highest BCUT2D eigenvalue weighted by Gasteiger charge is 2.07. The van der Waals surface area contributed by atoms with Crippen LogP contribution in [-0.4, -0.2) is 19.6 Å². The maximum Gasteiger partial charge on any atom is 0.0510 e. The molecular formula is C15H25BrN2. The summed E-state index contributed by atoms with van der Waals surface area (Å²) in [5.41, 5.74) is 2.64. The lowest BCUT2D eigenvalue weighted by molar-refractivity contribution is 0.675. The van der Waals surface area contributed by atoms with Gasteiger partial charge in [0.25, 0.3) is 0 Å². The Kier molecular flexibility index (Phi) is 7.36. The summed E-state index contributed by atoms with van der Waals surface area (Å²) in [5, 5.41) is 3.43. The first-order valence-corrected chi connectivity index (χ1v) is 7.76. The Balaban J connectivity index is 2.71. The van der Waals surface area contributed by atoms with Crippen molar-refractivity contribution < 1.29 is 0 Å². The first-order valence-electron chi connectivity index (χ1n) is 6.97. The van der Waals surface area contributed by atoms with Gasteiger partial charge in [0.15, 0.2) is 0 Å². The Morgan fingerprint density at radius 1 is 1.17 bits per heavy atom. The topological polar surface area (TPSA) is 15.3 Å². The molecule has 0 unspecified atom stereocenters. The van der Waals surface area contributed by atoms with Gasteiger partial charge in [-0.1, -0.05) is 19.9 Å². The van der Waals surface area contributed by atoms with Crippen molar-refractivity contribution in [3.63, 3.8) is 0 Å². The minimum Gasteiger partial charge on any atom is -0.371 e. The summed E-state index contributed by atoms with van der Waals surface area (Å²) >= 11 is 3.70. The van der Waals surface area contributed by atoms with Crippen LogP contribution in [0.4, 0.5) is 5.69 Å². The van der Waals surface area contributed by atoms with Gasteiger partial charge >= 0.3 is 0 Å². The molecule has 0 heterocycles. The highest BCUT2D eigenvalue weighted by molar-refractivity contribution is 9.10. The quantitative estimate of drug-likeness (QED) is 0.724. The molecule has 0 aliphatic heterocycles. The zero-order chi connectivity index (χ0) is 13.4. The number of hydrogen-bond acceptors (Lipinski definition) is 2. The van der Waals surface area contributed by atoms with Gasteiger partial charge in [0, 0.05) is 24.1 Å². The number of rotatable bonds is 8. The lowest BCUT2D eigenvalue weighted by Gasteiger charge is -2.24. The Labute approximate surface area is 120 Å². The van der Waals surface area contributed by atoms with Crippen molar-refractivity contribution in [2.24, 2.45) is 0 Å². The van der Waals surface area contributed by atoms with Gasteiger partial charge in [-0.2, -0.15) is 0 Å². The van der Waals surface area contributed by atoms with Crippen LogP contribution in [0.2, 0.25) is 0 Å². The fraction of sp³-hybridized carbons (Fsp3) is 0.600. The highest BCUT2D eigenvalue weighted by atomic mass is 79.9. The normalized spacial score (nSPS) is 10.7. The second-order valence-corrected chi connectivity index (χ2v) is 5.40. The van der Waals surface area contributed by atoms with Crippen molar-refractivity contribution in [1.82, 2.24) is 5.32 Å². The van der Waals surface area contributed by atoms with Crippen LogP contribution in [0.25, 0.3) is 0 Å². The molecule has 0 aliphatic rings. The third-order valence-corrected chi connectivity index (χ3v) is 3.62. The summed E-state index contributed by atoms with van der Waals surface area (Å²) < 4.78 is 1.20. The van der Waals surface area contributed by atoms with Gasteiger partial charge in [-0.25, -0.2) is 0 Å². The van der Waals surface area contributed by atoms with E-state index in [2.05, 4.69) is 65.1 Å². The molecule has 0 saturated carbocycles. The largest absolute Gasteiger partial charge is 0.371 e. The summed E-state index contributed by atoms with van der Waals surface area (Å²) in [6, 6.07) is 6.68. The summed E-state index contributed by atoms with van der Waals surface area (Å²) in [5.74, 6) is 0. The molecule has 102 valence electrons. The van der Waals surface area contributed by atoms with Crippen LogP contribution in [-0.2, 0) is 6.54 Å². The van der Waals surface area contributed by atoms with E-state index in [4.69, 9.17) is 0 Å². The van der Waals surface area contributed by atoms with Gasteiger partial charge in [0.2, 0.25) is 0 Å². The van der Waals surface area contributed by atoms with E-state index in [1.165, 1.54) is 28.6 Å². The average molecular weight is 313 g/mol. The zero-order valence-electron chi connectivity index (χ0n) is 11.8. The minimum atomic E-state index is 0.951. The number of hydrogen-bond donors (Lipinski definition) is 1. The van der Waals surface area contributed by atoms with Crippen LogP contribution in [0.15, 0.2) is 22.7 Å². The number of halogens is 1. The molecule has 0 aromatic heterocycles. The lowest BCUT2D eigenvalue weighted by atomic mass is 10.2. The van der Waals surface area contributed by atoms with Crippen LogP contribution >= 0.6 is 15.9 Å². The molecule has 0 radical (unpaired) electrons. The summed E-state index contributed by atoms with van der Waals surface area (Å²) in [7, 11) is 0. The summed E-state index contributed by atoms with van der Waals surface area (Å²) in [6.45, 7) is 10.8. The predicted molar refractivity (Wildman–Crippen MR) is 84.3 cm³/mol. The zero-order valence-corrected chi connectivity index (χ0v) is 13.4. The van der Waals surface area contributed by atoms with Gasteiger partial charge < -0.3 is 10.2 Å². The van der Waals surface area contributed by atoms with Crippen molar-refractivity contribution >= 4 is 21.6 Å². The van der Waals surface area contributed by atoms with E-state index in [0.29, 0.717) is 0 Å². The number of nitrogens with one attached hydrogen (secondary N) is 1. The molecule has 3 heteroatoms. The second-order valence-electron chi connectivity index (χ2n) is 4.54. The molecular weight excluding hydrogens is 288 g/mol. The van der Waals surface area contributed by atoms with E-state index in [0.717, 1.165) is 26.2 Å². The first-order chi connectivity index (χ1) is 8.72. The summed E-state index contributed by atoms with van der Waals surface area (Å²) in [4.78, 5) is 2.41. The van der Waals surface area contributed by atoms with Crippen molar-refractivity contribution in [3.8, 4) is 0 Å². The van der Waals surface area contributed by atoms with E-state index in [-0.39, 0.29) is 0 Å². The molecule has 1 aromatic carbocycles. The SMILES string of the molecule is CCCNCc1ccc(N(CC)CCC)c(Br)c1. The predicted octanol–water partition coefficient (Wildman–Crippen LogP) is 4.19. The second kappa shape index (κ2) is 8.54. The summed E-state index contributed by atoms with van der Waals surface area (Å²) in [6.07, 6.45) is 2.36. The molecule has 1 rings (SSSR count). The number of benzene rings is 1. The highest BCUT2D eigenvalue weighted by Crippen LogP contribution is 2.27. The van der Waals surface area contributed by atoms with Gasteiger partial charge in [0.1, 0.15) is 0 Å². The fourth-order valence-electron chi connectivity index (χ4n) is 2.05. The molecule has 1 aromatic rings. The molecule has 2 nitrogen and oxygen atoms in total. The van der Waals surface area contributed by atoms with E-state index in [1.54, 1.807) is 0 Å². The molecule has 0 bridgehead atoms. The maximum absolute atomic E-state index is 3.70. The van der Waals surface area contributed by atoms with E-state index >= 15 is 0 Å². The Hall–Kier alpha value is -0.540. The molecule has 0 spiro atoms. The van der Waals surface area contributed by atoms with E-state index in [1.807, 2.05) is 0 Å². The third kappa shape index (κ3) is 4.62. The number of nitrogens with zero attached hydrogens (tertiary/aromatic N) is 1. The smallest absolute Gasteiger partial charge is 0.0510 e. The van der Waals surface area contributed by atoms with Crippen LogP contribution < -0.4 is 10.2 Å². The van der Waals surface area contributed by atoms with Gasteiger partial charge in [-0.05, 0) is 59.9 Å². The maximum atomic E-state index is 3.70. The monoisotopic (exact) mass is 312 g/mol. The van der Waals surface area contributed by atoms with Crippen molar-refractivity contribution in [3.05, 3.63) is 28.2 Å². The van der Waals surface area contributed by atoms with Gasteiger partial charge in [-0.15, -0.1) is 0 Å². The molecule has 0 saturated heterocycles. The van der Waals surface area contributed by atoms with Crippen LogP contribution in [0, 0.1) is 0 Å². The average Bonchev–Trinajstić information content (AvgIpc) is 2.37. The Bertz CT molecular complexity index is 352. The Morgan fingerprint density at radius 3 is 2.50 bits per heavy atom. The lowest BCUT2D eigenvalue weighted by Crippen LogP contribution is -2.23. The standard InChI is InChI=1S/C15H25BrN2/c1-4-9-17-12-13-7-8-15(14(16)11-13)18(6-3)10-5-2/h7-8,11,17H,4-6,9-10,12H2,1-3H3.